The zero-order valence-corrected chi connectivity index (χ0v) is 16.2. The van der Waals surface area contributed by atoms with E-state index in [2.05, 4.69) is 25.6 Å². The Morgan fingerprint density at radius 1 is 1.29 bits per heavy atom. The smallest absolute Gasteiger partial charge is 0.228 e. The zero-order chi connectivity index (χ0) is 19.5. The van der Waals surface area contributed by atoms with Gasteiger partial charge in [0.25, 0.3) is 0 Å². The highest BCUT2D eigenvalue weighted by molar-refractivity contribution is 5.93. The van der Waals surface area contributed by atoms with Crippen molar-refractivity contribution in [3.8, 4) is 11.3 Å². The van der Waals surface area contributed by atoms with Gasteiger partial charge in [0, 0.05) is 30.5 Å². The number of hydrogen-bond donors (Lipinski definition) is 2. The summed E-state index contributed by atoms with van der Waals surface area (Å²) in [7, 11) is 0. The summed E-state index contributed by atoms with van der Waals surface area (Å²) in [6.45, 7) is 6.43. The van der Waals surface area contributed by atoms with Gasteiger partial charge in [-0.15, -0.1) is 0 Å². The highest BCUT2D eigenvalue weighted by Crippen LogP contribution is 2.24. The van der Waals surface area contributed by atoms with Crippen LogP contribution in [-0.2, 0) is 11.3 Å². The van der Waals surface area contributed by atoms with Crippen molar-refractivity contribution in [2.45, 2.75) is 33.2 Å². The molecule has 7 nitrogen and oxygen atoms in total. The maximum Gasteiger partial charge on any atom is 0.228 e. The molecule has 0 saturated carbocycles. The van der Waals surface area contributed by atoms with E-state index in [0.717, 1.165) is 66.4 Å². The van der Waals surface area contributed by atoms with E-state index in [9.17, 15) is 4.79 Å². The van der Waals surface area contributed by atoms with E-state index in [0.29, 0.717) is 0 Å². The molecule has 0 unspecified atom stereocenters. The summed E-state index contributed by atoms with van der Waals surface area (Å²) in [6.07, 6.45) is 3.65. The maximum absolute atomic E-state index is 12.8. The van der Waals surface area contributed by atoms with Crippen LogP contribution in [0, 0.1) is 19.8 Å². The Labute approximate surface area is 164 Å². The number of piperidine rings is 1. The number of H-pyrrole nitrogens is 1. The first-order valence-corrected chi connectivity index (χ1v) is 9.65. The molecule has 1 aromatic carbocycles. The monoisotopic (exact) mass is 379 g/mol. The van der Waals surface area contributed by atoms with Crippen molar-refractivity contribution in [3.63, 3.8) is 0 Å². The van der Waals surface area contributed by atoms with E-state index < -0.39 is 0 Å². The van der Waals surface area contributed by atoms with Crippen LogP contribution < -0.4 is 5.32 Å². The Bertz CT molecular complexity index is 911. The molecule has 0 radical (unpaired) electrons. The molecule has 0 aliphatic carbocycles. The SMILES string of the molecule is Cc1noc(C)c1CN1CCC[C@@H](C(=O)Nc2ccc(-c3ccn[nH]3)cc2)C1. The number of amides is 1. The molecule has 1 aliphatic rings. The molecular weight excluding hydrogens is 354 g/mol. The van der Waals surface area contributed by atoms with Crippen LogP contribution in [-0.4, -0.2) is 39.3 Å². The van der Waals surface area contributed by atoms with E-state index in [1.807, 2.05) is 44.2 Å². The van der Waals surface area contributed by atoms with Crippen molar-refractivity contribution in [1.29, 1.82) is 0 Å². The number of nitrogens with zero attached hydrogens (tertiary/aromatic N) is 3. The molecule has 1 fully saturated rings. The number of nitrogens with one attached hydrogen (secondary N) is 2. The summed E-state index contributed by atoms with van der Waals surface area (Å²) in [4.78, 5) is 15.1. The Hall–Kier alpha value is -2.93. The average Bonchev–Trinajstić information content (AvgIpc) is 3.35. The Balaban J connectivity index is 1.36. The first-order valence-electron chi connectivity index (χ1n) is 9.65. The molecule has 2 N–H and O–H groups in total. The summed E-state index contributed by atoms with van der Waals surface area (Å²) < 4.78 is 5.26. The lowest BCUT2D eigenvalue weighted by atomic mass is 9.96. The third kappa shape index (κ3) is 3.99. The van der Waals surface area contributed by atoms with E-state index in [1.165, 1.54) is 0 Å². The number of aryl methyl sites for hydroxylation is 2. The van der Waals surface area contributed by atoms with Crippen LogP contribution in [0.4, 0.5) is 5.69 Å². The number of benzene rings is 1. The fraction of sp³-hybridized carbons (Fsp3) is 0.381. The number of carbonyl (C=O) groups is 1. The molecule has 1 saturated heterocycles. The van der Waals surface area contributed by atoms with Crippen LogP contribution >= 0.6 is 0 Å². The van der Waals surface area contributed by atoms with Gasteiger partial charge in [0.15, 0.2) is 0 Å². The molecule has 3 heterocycles. The fourth-order valence-electron chi connectivity index (χ4n) is 3.76. The van der Waals surface area contributed by atoms with Crippen molar-refractivity contribution in [1.82, 2.24) is 20.3 Å². The summed E-state index contributed by atoms with van der Waals surface area (Å²) in [5.74, 6) is 0.931. The highest BCUT2D eigenvalue weighted by Gasteiger charge is 2.27. The van der Waals surface area contributed by atoms with Crippen LogP contribution in [0.25, 0.3) is 11.3 Å². The van der Waals surface area contributed by atoms with Gasteiger partial charge >= 0.3 is 0 Å². The number of anilines is 1. The lowest BCUT2D eigenvalue weighted by Gasteiger charge is -2.31. The number of hydrogen-bond acceptors (Lipinski definition) is 5. The number of aromatic amines is 1. The summed E-state index contributed by atoms with van der Waals surface area (Å²) in [6, 6.07) is 9.74. The molecule has 1 aliphatic heterocycles. The van der Waals surface area contributed by atoms with Crippen LogP contribution in [0.2, 0.25) is 0 Å². The van der Waals surface area contributed by atoms with E-state index in [4.69, 9.17) is 4.52 Å². The van der Waals surface area contributed by atoms with E-state index >= 15 is 0 Å². The summed E-state index contributed by atoms with van der Waals surface area (Å²) in [5, 5.41) is 14.0. The minimum absolute atomic E-state index is 0.0125. The van der Waals surface area contributed by atoms with Crippen LogP contribution in [0.15, 0.2) is 41.1 Å². The molecular formula is C21H25N5O2. The molecule has 28 heavy (non-hydrogen) atoms. The number of aromatic nitrogens is 3. The van der Waals surface area contributed by atoms with Gasteiger partial charge in [0.2, 0.25) is 5.91 Å². The fourth-order valence-corrected chi connectivity index (χ4v) is 3.76. The first kappa shape index (κ1) is 18.4. The second-order valence-corrected chi connectivity index (χ2v) is 7.41. The van der Waals surface area contributed by atoms with Gasteiger partial charge in [-0.1, -0.05) is 17.3 Å². The molecule has 1 atom stereocenters. The van der Waals surface area contributed by atoms with Crippen molar-refractivity contribution >= 4 is 11.6 Å². The Morgan fingerprint density at radius 3 is 2.79 bits per heavy atom. The predicted octanol–water partition coefficient (Wildman–Crippen LogP) is 3.53. The van der Waals surface area contributed by atoms with Gasteiger partial charge in [-0.05, 0) is 57.0 Å². The van der Waals surface area contributed by atoms with E-state index in [-0.39, 0.29) is 11.8 Å². The van der Waals surface area contributed by atoms with Gasteiger partial charge < -0.3 is 9.84 Å². The largest absolute Gasteiger partial charge is 0.361 e. The third-order valence-corrected chi connectivity index (χ3v) is 5.40. The molecule has 3 aromatic rings. The predicted molar refractivity (Wildman–Crippen MR) is 107 cm³/mol. The minimum Gasteiger partial charge on any atom is -0.361 e. The normalized spacial score (nSPS) is 17.6. The number of carbonyl (C=O) groups excluding carboxylic acids is 1. The third-order valence-electron chi connectivity index (χ3n) is 5.40. The quantitative estimate of drug-likeness (QED) is 0.708. The standard InChI is InChI=1S/C21H25N5O2/c1-14-19(15(2)28-25-14)13-26-11-3-4-17(12-26)21(27)23-18-7-5-16(6-8-18)20-9-10-22-24-20/h5-10,17H,3-4,11-13H2,1-2H3,(H,22,24)(H,23,27)/t17-/m1/s1. The second-order valence-electron chi connectivity index (χ2n) is 7.41. The topological polar surface area (TPSA) is 87.1 Å². The van der Waals surface area contributed by atoms with Crippen LogP contribution in [0.5, 0.6) is 0 Å². The van der Waals surface area contributed by atoms with Crippen molar-refractivity contribution in [2.24, 2.45) is 5.92 Å². The lowest BCUT2D eigenvalue weighted by Crippen LogP contribution is -2.40. The Kier molecular flexibility index (Phi) is 5.25. The zero-order valence-electron chi connectivity index (χ0n) is 16.2. The van der Waals surface area contributed by atoms with Crippen molar-refractivity contribution in [2.75, 3.05) is 18.4 Å². The van der Waals surface area contributed by atoms with Crippen molar-refractivity contribution in [3.05, 3.63) is 53.5 Å². The molecule has 146 valence electrons. The molecule has 1 amide bonds. The van der Waals surface area contributed by atoms with Crippen molar-refractivity contribution < 1.29 is 9.32 Å². The molecule has 4 rings (SSSR count). The summed E-state index contributed by atoms with van der Waals surface area (Å²) in [5.41, 5.74) is 4.88. The molecule has 0 spiro atoms. The highest BCUT2D eigenvalue weighted by atomic mass is 16.5. The Morgan fingerprint density at radius 2 is 2.11 bits per heavy atom. The lowest BCUT2D eigenvalue weighted by molar-refractivity contribution is -0.121. The molecule has 0 bridgehead atoms. The minimum atomic E-state index is -0.0125. The van der Waals surface area contributed by atoms with Crippen LogP contribution in [0.1, 0.15) is 29.9 Å². The first-order chi connectivity index (χ1) is 13.6. The van der Waals surface area contributed by atoms with Crippen LogP contribution in [0.3, 0.4) is 0 Å². The number of likely N-dealkylation sites (tertiary alicyclic amines) is 1. The molecule has 7 heteroatoms. The number of rotatable bonds is 5. The van der Waals surface area contributed by atoms with Gasteiger partial charge in [0.05, 0.1) is 17.3 Å². The second kappa shape index (κ2) is 7.98. The molecule has 2 aromatic heterocycles. The average molecular weight is 379 g/mol. The maximum atomic E-state index is 12.8. The van der Waals surface area contributed by atoms with Gasteiger partial charge in [-0.25, -0.2) is 0 Å². The van der Waals surface area contributed by atoms with E-state index in [1.54, 1.807) is 6.20 Å². The van der Waals surface area contributed by atoms with Gasteiger partial charge in [-0.2, -0.15) is 5.10 Å². The van der Waals surface area contributed by atoms with Gasteiger partial charge in [-0.3, -0.25) is 14.8 Å². The summed E-state index contributed by atoms with van der Waals surface area (Å²) >= 11 is 0. The van der Waals surface area contributed by atoms with Gasteiger partial charge in [0.1, 0.15) is 5.76 Å².